The van der Waals surface area contributed by atoms with E-state index in [1.165, 1.54) is 0 Å². The van der Waals surface area contributed by atoms with E-state index in [2.05, 4.69) is 10.2 Å². The van der Waals surface area contributed by atoms with Crippen molar-refractivity contribution in [1.29, 1.82) is 0 Å². The molecule has 1 heterocycles. The molecule has 0 aromatic carbocycles. The monoisotopic (exact) mass is 181 g/mol. The molecule has 1 aromatic rings. The smallest absolute Gasteiger partial charge is 0.108 e. The van der Waals surface area contributed by atoms with Gasteiger partial charge in [0, 0.05) is 17.8 Å². The van der Waals surface area contributed by atoms with E-state index in [1.54, 1.807) is 6.20 Å². The van der Waals surface area contributed by atoms with Gasteiger partial charge >= 0.3 is 0 Å². The summed E-state index contributed by atoms with van der Waals surface area (Å²) in [5.74, 6) is 0.211. The molecule has 2 rings (SSSR count). The van der Waals surface area contributed by atoms with E-state index in [9.17, 15) is 5.11 Å². The molecular weight excluding hydrogens is 166 g/mol. The fourth-order valence-electron chi connectivity index (χ4n) is 2.05. The Labute approximate surface area is 77.1 Å². The number of H-pyrrole nitrogens is 1. The maximum atomic E-state index is 10.3. The summed E-state index contributed by atoms with van der Waals surface area (Å²) < 4.78 is 0. The van der Waals surface area contributed by atoms with Crippen LogP contribution in [0.3, 0.4) is 0 Å². The number of aryl methyl sites for hydroxylation is 1. The Kier molecular flexibility index (Phi) is 1.89. The molecule has 0 spiro atoms. The fourth-order valence-corrected chi connectivity index (χ4v) is 2.05. The lowest BCUT2D eigenvalue weighted by molar-refractivity contribution is -0.0191. The Balaban J connectivity index is 2.47. The van der Waals surface area contributed by atoms with Gasteiger partial charge in [0.05, 0.1) is 6.20 Å². The number of hydrogen-bond acceptors (Lipinski definition) is 3. The summed E-state index contributed by atoms with van der Waals surface area (Å²) in [6.45, 7) is 2.30. The highest BCUT2D eigenvalue weighted by atomic mass is 16.3. The SMILES string of the molecule is CC1CCc2[nH]ncc2C1(O)CN. The molecule has 4 N–H and O–H groups in total. The molecule has 0 aliphatic heterocycles. The van der Waals surface area contributed by atoms with Crippen LogP contribution in [0.15, 0.2) is 6.20 Å². The topological polar surface area (TPSA) is 74.9 Å². The standard InChI is InChI=1S/C9H15N3O/c1-6-2-3-8-7(4-11-12-8)9(6,13)5-10/h4,6,13H,2-3,5,10H2,1H3,(H,11,12). The number of nitrogens with two attached hydrogens (primary N) is 1. The van der Waals surface area contributed by atoms with E-state index in [-0.39, 0.29) is 12.5 Å². The van der Waals surface area contributed by atoms with Crippen molar-refractivity contribution in [1.82, 2.24) is 10.2 Å². The zero-order chi connectivity index (χ0) is 9.47. The first-order valence-electron chi connectivity index (χ1n) is 4.63. The minimum Gasteiger partial charge on any atom is -0.383 e. The van der Waals surface area contributed by atoms with E-state index < -0.39 is 5.60 Å². The average molecular weight is 181 g/mol. The normalized spacial score (nSPS) is 33.0. The molecule has 0 fully saturated rings. The van der Waals surface area contributed by atoms with E-state index in [4.69, 9.17) is 5.73 Å². The van der Waals surface area contributed by atoms with Crippen molar-refractivity contribution in [2.24, 2.45) is 11.7 Å². The number of aromatic amines is 1. The molecule has 0 amide bonds. The molecule has 72 valence electrons. The first kappa shape index (κ1) is 8.72. The van der Waals surface area contributed by atoms with Crippen molar-refractivity contribution >= 4 is 0 Å². The van der Waals surface area contributed by atoms with Crippen molar-refractivity contribution in [2.75, 3.05) is 6.54 Å². The maximum absolute atomic E-state index is 10.3. The third-order valence-corrected chi connectivity index (χ3v) is 3.14. The van der Waals surface area contributed by atoms with Gasteiger partial charge in [-0.1, -0.05) is 6.92 Å². The van der Waals surface area contributed by atoms with E-state index in [0.29, 0.717) is 0 Å². The molecule has 0 saturated heterocycles. The third kappa shape index (κ3) is 1.09. The quantitative estimate of drug-likeness (QED) is 0.577. The van der Waals surface area contributed by atoms with Gasteiger partial charge in [0.1, 0.15) is 5.60 Å². The molecule has 1 aromatic heterocycles. The largest absolute Gasteiger partial charge is 0.383 e. The first-order chi connectivity index (χ1) is 6.18. The summed E-state index contributed by atoms with van der Waals surface area (Å²) in [6.07, 6.45) is 3.61. The Morgan fingerprint density at radius 3 is 3.31 bits per heavy atom. The molecule has 0 bridgehead atoms. The molecular formula is C9H15N3O. The molecule has 2 unspecified atom stereocenters. The van der Waals surface area contributed by atoms with Gasteiger partial charge in [0.2, 0.25) is 0 Å². The van der Waals surface area contributed by atoms with Crippen molar-refractivity contribution in [2.45, 2.75) is 25.4 Å². The molecule has 4 heteroatoms. The second kappa shape index (κ2) is 2.82. The Morgan fingerprint density at radius 2 is 2.62 bits per heavy atom. The van der Waals surface area contributed by atoms with Crippen LogP contribution >= 0.6 is 0 Å². The number of hydrogen-bond donors (Lipinski definition) is 3. The molecule has 0 radical (unpaired) electrons. The molecule has 1 aliphatic rings. The predicted molar refractivity (Wildman–Crippen MR) is 49.0 cm³/mol. The number of nitrogens with one attached hydrogen (secondary N) is 1. The van der Waals surface area contributed by atoms with Gasteiger partial charge in [-0.2, -0.15) is 5.10 Å². The Bertz CT molecular complexity index is 310. The van der Waals surface area contributed by atoms with Crippen LogP contribution < -0.4 is 5.73 Å². The van der Waals surface area contributed by atoms with Gasteiger partial charge in [-0.15, -0.1) is 0 Å². The first-order valence-corrected chi connectivity index (χ1v) is 4.63. The lowest BCUT2D eigenvalue weighted by Gasteiger charge is -2.36. The highest BCUT2D eigenvalue weighted by Crippen LogP contribution is 2.37. The second-order valence-electron chi connectivity index (χ2n) is 3.83. The van der Waals surface area contributed by atoms with E-state index >= 15 is 0 Å². The zero-order valence-corrected chi connectivity index (χ0v) is 7.75. The number of nitrogens with zero attached hydrogens (tertiary/aromatic N) is 1. The second-order valence-corrected chi connectivity index (χ2v) is 3.83. The van der Waals surface area contributed by atoms with Crippen LogP contribution in [0, 0.1) is 5.92 Å². The summed E-state index contributed by atoms with van der Waals surface area (Å²) >= 11 is 0. The van der Waals surface area contributed by atoms with Crippen LogP contribution in [0.5, 0.6) is 0 Å². The fraction of sp³-hybridized carbons (Fsp3) is 0.667. The highest BCUT2D eigenvalue weighted by Gasteiger charge is 2.40. The van der Waals surface area contributed by atoms with Crippen LogP contribution in [0.4, 0.5) is 0 Å². The van der Waals surface area contributed by atoms with Crippen molar-refractivity contribution in [3.8, 4) is 0 Å². The summed E-state index contributed by atoms with van der Waals surface area (Å²) in [5, 5.41) is 17.1. The van der Waals surface area contributed by atoms with Gasteiger partial charge < -0.3 is 10.8 Å². The molecule has 2 atom stereocenters. The maximum Gasteiger partial charge on any atom is 0.108 e. The zero-order valence-electron chi connectivity index (χ0n) is 7.75. The average Bonchev–Trinajstić information content (AvgIpc) is 2.60. The summed E-state index contributed by atoms with van der Waals surface area (Å²) in [5.41, 5.74) is 6.65. The highest BCUT2D eigenvalue weighted by molar-refractivity contribution is 5.28. The predicted octanol–water partition coefficient (Wildman–Crippen LogP) is 0.138. The van der Waals surface area contributed by atoms with Gasteiger partial charge in [0.25, 0.3) is 0 Å². The Morgan fingerprint density at radius 1 is 1.85 bits per heavy atom. The molecule has 13 heavy (non-hydrogen) atoms. The van der Waals surface area contributed by atoms with Crippen LogP contribution in [0.2, 0.25) is 0 Å². The number of aliphatic hydroxyl groups is 1. The van der Waals surface area contributed by atoms with Gasteiger partial charge in [0.15, 0.2) is 0 Å². The van der Waals surface area contributed by atoms with Crippen molar-refractivity contribution in [3.05, 3.63) is 17.5 Å². The Hall–Kier alpha value is -0.870. The summed E-state index contributed by atoms with van der Waals surface area (Å²) in [6, 6.07) is 0. The number of rotatable bonds is 1. The summed E-state index contributed by atoms with van der Waals surface area (Å²) in [7, 11) is 0. The minimum absolute atomic E-state index is 0.211. The van der Waals surface area contributed by atoms with E-state index in [0.717, 1.165) is 24.1 Å². The number of fused-ring (bicyclic) bond motifs is 1. The van der Waals surface area contributed by atoms with Gasteiger partial charge in [-0.05, 0) is 18.8 Å². The van der Waals surface area contributed by atoms with Crippen LogP contribution in [0.25, 0.3) is 0 Å². The van der Waals surface area contributed by atoms with E-state index in [1.807, 2.05) is 6.92 Å². The summed E-state index contributed by atoms with van der Waals surface area (Å²) in [4.78, 5) is 0. The number of aromatic nitrogens is 2. The molecule has 4 nitrogen and oxygen atoms in total. The molecule has 0 saturated carbocycles. The molecule has 1 aliphatic carbocycles. The minimum atomic E-state index is -0.874. The van der Waals surface area contributed by atoms with Crippen LogP contribution in [0.1, 0.15) is 24.6 Å². The lowest BCUT2D eigenvalue weighted by atomic mass is 9.75. The van der Waals surface area contributed by atoms with Gasteiger partial charge in [-0.3, -0.25) is 5.10 Å². The van der Waals surface area contributed by atoms with Crippen molar-refractivity contribution < 1.29 is 5.11 Å². The van der Waals surface area contributed by atoms with Crippen molar-refractivity contribution in [3.63, 3.8) is 0 Å². The third-order valence-electron chi connectivity index (χ3n) is 3.14. The van der Waals surface area contributed by atoms with Gasteiger partial charge in [-0.25, -0.2) is 0 Å². The lowest BCUT2D eigenvalue weighted by Crippen LogP contribution is -2.44. The van der Waals surface area contributed by atoms with Crippen LogP contribution in [-0.2, 0) is 12.0 Å². The van der Waals surface area contributed by atoms with Crippen LogP contribution in [-0.4, -0.2) is 21.8 Å².